The Bertz CT molecular complexity index is 1060. The Hall–Kier alpha value is -2.94. The summed E-state index contributed by atoms with van der Waals surface area (Å²) in [6.45, 7) is 6.30. The maximum absolute atomic E-state index is 11.6. The first-order valence-corrected chi connectivity index (χ1v) is 9.87. The third kappa shape index (κ3) is 3.70. The van der Waals surface area contributed by atoms with Crippen LogP contribution in [0, 0.1) is 20.8 Å². The Kier molecular flexibility index (Phi) is 4.99. The summed E-state index contributed by atoms with van der Waals surface area (Å²) in [4.78, 5) is 16.4. The molecule has 0 aliphatic carbocycles. The largest absolute Gasteiger partial charge is 0.458 e. The highest BCUT2D eigenvalue weighted by Gasteiger charge is 2.19. The molecule has 28 heavy (non-hydrogen) atoms. The van der Waals surface area contributed by atoms with Crippen molar-refractivity contribution in [3.8, 4) is 11.1 Å². The molecule has 0 N–H and O–H groups in total. The van der Waals surface area contributed by atoms with Gasteiger partial charge in [0.2, 0.25) is 0 Å². The van der Waals surface area contributed by atoms with Crippen molar-refractivity contribution in [2.75, 3.05) is 0 Å². The molecule has 2 aromatic carbocycles. The van der Waals surface area contributed by atoms with Crippen LogP contribution in [0.25, 0.3) is 28.1 Å². The number of para-hydroxylation sites is 1. The lowest BCUT2D eigenvalue weighted by molar-refractivity contribution is -0.150. The van der Waals surface area contributed by atoms with Crippen molar-refractivity contribution < 1.29 is 9.53 Å². The van der Waals surface area contributed by atoms with Crippen molar-refractivity contribution in [2.45, 2.75) is 46.1 Å². The third-order valence-corrected chi connectivity index (χ3v) is 5.26. The highest BCUT2D eigenvalue weighted by Crippen LogP contribution is 2.35. The first-order valence-electron chi connectivity index (χ1n) is 9.87. The molecule has 142 valence electrons. The molecule has 1 atom stereocenters. The number of carbonyl (C=O) groups is 1. The second-order valence-electron chi connectivity index (χ2n) is 7.66. The third-order valence-electron chi connectivity index (χ3n) is 5.26. The van der Waals surface area contributed by atoms with Gasteiger partial charge in [0, 0.05) is 28.6 Å². The van der Waals surface area contributed by atoms with Crippen molar-refractivity contribution >= 4 is 22.9 Å². The SMILES string of the molecule is Cc1cc(C)cc(-c2c(/C=C/C3CCCC(=O)O3)c(C)nc3ccccc23)c1. The Morgan fingerprint density at radius 1 is 1.07 bits per heavy atom. The topological polar surface area (TPSA) is 39.2 Å². The lowest BCUT2D eigenvalue weighted by atomic mass is 9.92. The van der Waals surface area contributed by atoms with Gasteiger partial charge in [-0.1, -0.05) is 53.6 Å². The zero-order chi connectivity index (χ0) is 19.7. The van der Waals surface area contributed by atoms with E-state index in [-0.39, 0.29) is 12.1 Å². The van der Waals surface area contributed by atoms with Crippen LogP contribution < -0.4 is 0 Å². The molecule has 4 rings (SSSR count). The molecular formula is C25H25NO2. The summed E-state index contributed by atoms with van der Waals surface area (Å²) < 4.78 is 5.47. The Labute approximate surface area is 166 Å². The zero-order valence-corrected chi connectivity index (χ0v) is 16.7. The maximum atomic E-state index is 11.6. The van der Waals surface area contributed by atoms with Crippen LogP contribution in [0.4, 0.5) is 0 Å². The summed E-state index contributed by atoms with van der Waals surface area (Å²) in [7, 11) is 0. The van der Waals surface area contributed by atoms with Crippen LogP contribution in [0.1, 0.15) is 41.6 Å². The van der Waals surface area contributed by atoms with E-state index in [0.29, 0.717) is 6.42 Å². The van der Waals surface area contributed by atoms with E-state index in [1.807, 2.05) is 19.1 Å². The van der Waals surface area contributed by atoms with Gasteiger partial charge in [-0.15, -0.1) is 0 Å². The molecule has 1 saturated heterocycles. The number of carbonyl (C=O) groups excluding carboxylic acids is 1. The maximum Gasteiger partial charge on any atom is 0.306 e. The van der Waals surface area contributed by atoms with E-state index >= 15 is 0 Å². The fourth-order valence-electron chi connectivity index (χ4n) is 4.06. The number of hydrogen-bond acceptors (Lipinski definition) is 3. The molecule has 1 aliphatic rings. The Balaban J connectivity index is 1.89. The number of rotatable bonds is 3. The van der Waals surface area contributed by atoms with Crippen LogP contribution in [-0.2, 0) is 9.53 Å². The second kappa shape index (κ2) is 7.59. The van der Waals surface area contributed by atoms with E-state index in [0.717, 1.165) is 35.0 Å². The fraction of sp³-hybridized carbons (Fsp3) is 0.280. The molecule has 0 saturated carbocycles. The lowest BCUT2D eigenvalue weighted by Gasteiger charge is -2.20. The summed E-state index contributed by atoms with van der Waals surface area (Å²) >= 11 is 0. The molecule has 3 heteroatoms. The van der Waals surface area contributed by atoms with Gasteiger partial charge >= 0.3 is 5.97 Å². The normalized spacial score (nSPS) is 17.2. The minimum Gasteiger partial charge on any atom is -0.458 e. The first-order chi connectivity index (χ1) is 13.5. The van der Waals surface area contributed by atoms with Gasteiger partial charge in [-0.05, 0) is 51.3 Å². The highest BCUT2D eigenvalue weighted by atomic mass is 16.5. The van der Waals surface area contributed by atoms with Crippen molar-refractivity contribution in [2.24, 2.45) is 0 Å². The highest BCUT2D eigenvalue weighted by molar-refractivity contribution is 5.99. The number of fused-ring (bicyclic) bond motifs is 1. The molecule has 1 aliphatic heterocycles. The standard InChI is InChI=1S/C25H25NO2/c1-16-13-17(2)15-19(14-16)25-21(12-11-20-7-6-10-24(27)28-20)18(3)26-23-9-5-4-8-22(23)25/h4-5,8-9,11-15,20H,6-7,10H2,1-3H3/b12-11+. The van der Waals surface area contributed by atoms with Gasteiger partial charge in [0.15, 0.2) is 0 Å². The molecule has 0 bridgehead atoms. The number of benzene rings is 2. The van der Waals surface area contributed by atoms with Crippen molar-refractivity contribution in [3.63, 3.8) is 0 Å². The van der Waals surface area contributed by atoms with Crippen LogP contribution in [-0.4, -0.2) is 17.1 Å². The van der Waals surface area contributed by atoms with E-state index in [9.17, 15) is 4.79 Å². The summed E-state index contributed by atoms with van der Waals surface area (Å²) in [5.41, 5.74) is 7.93. The number of esters is 1. The molecule has 0 amide bonds. The van der Waals surface area contributed by atoms with Crippen LogP contribution in [0.3, 0.4) is 0 Å². The number of ether oxygens (including phenoxy) is 1. The molecule has 3 nitrogen and oxygen atoms in total. The molecule has 2 heterocycles. The fourth-order valence-corrected chi connectivity index (χ4v) is 4.06. The smallest absolute Gasteiger partial charge is 0.306 e. The van der Waals surface area contributed by atoms with Gasteiger partial charge < -0.3 is 4.74 Å². The van der Waals surface area contributed by atoms with Gasteiger partial charge in [-0.2, -0.15) is 0 Å². The van der Waals surface area contributed by atoms with Gasteiger partial charge in [-0.25, -0.2) is 0 Å². The number of pyridine rings is 1. The van der Waals surface area contributed by atoms with Crippen LogP contribution in [0.5, 0.6) is 0 Å². The summed E-state index contributed by atoms with van der Waals surface area (Å²) in [5, 5.41) is 1.14. The van der Waals surface area contributed by atoms with E-state index in [2.05, 4.69) is 56.3 Å². The zero-order valence-electron chi connectivity index (χ0n) is 16.7. The van der Waals surface area contributed by atoms with E-state index < -0.39 is 0 Å². The number of nitrogens with zero attached hydrogens (tertiary/aromatic N) is 1. The van der Waals surface area contributed by atoms with E-state index in [4.69, 9.17) is 9.72 Å². The van der Waals surface area contributed by atoms with Gasteiger partial charge in [0.25, 0.3) is 0 Å². The predicted molar refractivity (Wildman–Crippen MR) is 114 cm³/mol. The summed E-state index contributed by atoms with van der Waals surface area (Å²) in [6, 6.07) is 14.9. The van der Waals surface area contributed by atoms with E-state index in [1.54, 1.807) is 0 Å². The number of hydrogen-bond donors (Lipinski definition) is 0. The molecule has 1 fully saturated rings. The average Bonchev–Trinajstić information content (AvgIpc) is 2.65. The van der Waals surface area contributed by atoms with Gasteiger partial charge in [0.05, 0.1) is 5.52 Å². The molecule has 0 spiro atoms. The van der Waals surface area contributed by atoms with Crippen LogP contribution in [0.15, 0.2) is 48.5 Å². The van der Waals surface area contributed by atoms with E-state index in [1.165, 1.54) is 22.3 Å². The average molecular weight is 371 g/mol. The van der Waals surface area contributed by atoms with Crippen molar-refractivity contribution in [3.05, 3.63) is 70.9 Å². The minimum absolute atomic E-state index is 0.108. The lowest BCUT2D eigenvalue weighted by Crippen LogP contribution is -2.21. The number of aromatic nitrogens is 1. The van der Waals surface area contributed by atoms with Gasteiger partial charge in [-0.3, -0.25) is 9.78 Å². The van der Waals surface area contributed by atoms with Crippen LogP contribution in [0.2, 0.25) is 0 Å². The minimum atomic E-state index is -0.154. The second-order valence-corrected chi connectivity index (χ2v) is 7.66. The Morgan fingerprint density at radius 3 is 2.57 bits per heavy atom. The monoisotopic (exact) mass is 371 g/mol. The molecule has 0 radical (unpaired) electrons. The first kappa shape index (κ1) is 18.4. The molecule has 3 aromatic rings. The van der Waals surface area contributed by atoms with Crippen molar-refractivity contribution in [1.29, 1.82) is 0 Å². The quantitative estimate of drug-likeness (QED) is 0.535. The molecule has 1 aromatic heterocycles. The predicted octanol–water partition coefficient (Wildman–Crippen LogP) is 5.94. The van der Waals surface area contributed by atoms with Crippen molar-refractivity contribution in [1.82, 2.24) is 4.98 Å². The number of cyclic esters (lactones) is 1. The molecule has 1 unspecified atom stereocenters. The Morgan fingerprint density at radius 2 is 1.82 bits per heavy atom. The summed E-state index contributed by atoms with van der Waals surface area (Å²) in [6.07, 6.45) is 6.23. The van der Waals surface area contributed by atoms with Crippen LogP contribution >= 0.6 is 0 Å². The summed E-state index contributed by atoms with van der Waals surface area (Å²) in [5.74, 6) is -0.108. The van der Waals surface area contributed by atoms with Gasteiger partial charge in [0.1, 0.15) is 6.10 Å². The number of aryl methyl sites for hydroxylation is 3. The molecular weight excluding hydrogens is 346 g/mol.